The van der Waals surface area contributed by atoms with Gasteiger partial charge in [-0.1, -0.05) is 45.1 Å². The van der Waals surface area contributed by atoms with E-state index < -0.39 is 22.0 Å². The number of hydrogen-bond acceptors (Lipinski definition) is 7. The lowest BCUT2D eigenvalue weighted by atomic mass is 9.65. The Morgan fingerprint density at radius 1 is 1.20 bits per heavy atom. The summed E-state index contributed by atoms with van der Waals surface area (Å²) in [5.41, 5.74) is -1.56. The first kappa shape index (κ1) is 26.4. The largest absolute Gasteiger partial charge is 0.504 e. The average molecular weight is 480 g/mol. The van der Waals surface area contributed by atoms with Crippen LogP contribution in [0, 0.1) is 27.6 Å². The van der Waals surface area contributed by atoms with Crippen molar-refractivity contribution in [2.75, 3.05) is 20.3 Å². The molecule has 1 aliphatic carbocycles. The smallest absolute Gasteiger partial charge is 0.200 e. The highest BCUT2D eigenvalue weighted by Gasteiger charge is 2.52. The van der Waals surface area contributed by atoms with Crippen molar-refractivity contribution in [3.63, 3.8) is 0 Å². The number of hydrogen-bond donors (Lipinski definition) is 1. The molecule has 1 fully saturated rings. The van der Waals surface area contributed by atoms with Gasteiger partial charge in [-0.15, -0.1) is 0 Å². The number of carbonyl (C=O) groups is 2. The molecule has 186 valence electrons. The van der Waals surface area contributed by atoms with Crippen molar-refractivity contribution in [1.29, 1.82) is 5.26 Å². The van der Waals surface area contributed by atoms with Gasteiger partial charge in [0.15, 0.2) is 23.1 Å². The quantitative estimate of drug-likeness (QED) is 0.562. The summed E-state index contributed by atoms with van der Waals surface area (Å²) in [7, 11) is 1.47. The summed E-state index contributed by atoms with van der Waals surface area (Å²) in [6.07, 6.45) is 8.88. The van der Waals surface area contributed by atoms with E-state index in [0.29, 0.717) is 25.4 Å². The monoisotopic (exact) mass is 479 g/mol. The third-order valence-corrected chi connectivity index (χ3v) is 6.79. The number of rotatable bonds is 7. The van der Waals surface area contributed by atoms with E-state index >= 15 is 0 Å². The third kappa shape index (κ3) is 5.09. The summed E-state index contributed by atoms with van der Waals surface area (Å²) in [6.45, 7) is 9.75. The molecule has 1 aromatic rings. The third-order valence-electron chi connectivity index (χ3n) is 6.79. The van der Waals surface area contributed by atoms with Crippen LogP contribution in [0.2, 0.25) is 0 Å². The second-order valence-corrected chi connectivity index (χ2v) is 10.5. The molecule has 0 spiro atoms. The van der Waals surface area contributed by atoms with Gasteiger partial charge in [-0.05, 0) is 50.1 Å². The van der Waals surface area contributed by atoms with Gasteiger partial charge in [-0.2, -0.15) is 5.26 Å². The van der Waals surface area contributed by atoms with Crippen LogP contribution in [0.3, 0.4) is 0 Å². The van der Waals surface area contributed by atoms with Crippen molar-refractivity contribution >= 4 is 17.6 Å². The summed E-state index contributed by atoms with van der Waals surface area (Å²) < 4.78 is 17.1. The second kappa shape index (κ2) is 9.44. The Bertz CT molecular complexity index is 1140. The standard InChI is InChI=1S/C28H33NO6/c1-25(2)18-27(5,16-20(17-29)24(25)32)11-10-23(31)26(3,4)28(34-13-14-35-28)12-9-19-7-8-21(30)22(15-19)33-6/h7-12,15-16,30H,13-14,18H2,1-6H3/b11-10+,12-9+/t27-/m1/s1. The summed E-state index contributed by atoms with van der Waals surface area (Å²) in [6, 6.07) is 6.92. The normalized spacial score (nSPS) is 23.9. The highest BCUT2D eigenvalue weighted by molar-refractivity contribution is 6.04. The van der Waals surface area contributed by atoms with Crippen molar-refractivity contribution in [2.45, 2.75) is 46.8 Å². The number of nitrogens with zero attached hydrogens (tertiary/aromatic N) is 1. The van der Waals surface area contributed by atoms with E-state index in [2.05, 4.69) is 0 Å². The van der Waals surface area contributed by atoms with Crippen LogP contribution in [0.4, 0.5) is 0 Å². The van der Waals surface area contributed by atoms with E-state index in [-0.39, 0.29) is 22.9 Å². The summed E-state index contributed by atoms with van der Waals surface area (Å²) in [4.78, 5) is 26.0. The van der Waals surface area contributed by atoms with Crippen LogP contribution >= 0.6 is 0 Å². The summed E-state index contributed by atoms with van der Waals surface area (Å²) in [5, 5.41) is 19.3. The molecule has 35 heavy (non-hydrogen) atoms. The molecule has 1 heterocycles. The average Bonchev–Trinajstić information content (AvgIpc) is 3.30. The minimum absolute atomic E-state index is 0.0306. The highest BCUT2D eigenvalue weighted by Crippen LogP contribution is 2.45. The second-order valence-electron chi connectivity index (χ2n) is 10.5. The lowest BCUT2D eigenvalue weighted by Gasteiger charge is -2.39. The van der Waals surface area contributed by atoms with Gasteiger partial charge in [-0.3, -0.25) is 9.59 Å². The van der Waals surface area contributed by atoms with Crippen LogP contribution in [0.25, 0.3) is 6.08 Å². The number of allylic oxidation sites excluding steroid dienone is 4. The fourth-order valence-corrected chi connectivity index (χ4v) is 4.78. The Morgan fingerprint density at radius 3 is 2.46 bits per heavy atom. The maximum Gasteiger partial charge on any atom is 0.200 e. The highest BCUT2D eigenvalue weighted by atomic mass is 16.7. The molecule has 0 bridgehead atoms. The van der Waals surface area contributed by atoms with Crippen molar-refractivity contribution in [3.05, 3.63) is 53.6 Å². The first-order valence-electron chi connectivity index (χ1n) is 11.5. The number of aromatic hydroxyl groups is 1. The predicted octanol–water partition coefficient (Wildman–Crippen LogP) is 4.76. The van der Waals surface area contributed by atoms with Gasteiger partial charge in [0, 0.05) is 10.8 Å². The molecule has 0 saturated carbocycles. The number of ether oxygens (including phenoxy) is 3. The zero-order chi connectivity index (χ0) is 26.1. The molecule has 0 amide bonds. The van der Waals surface area contributed by atoms with E-state index in [1.54, 1.807) is 50.3 Å². The van der Waals surface area contributed by atoms with Crippen LogP contribution in [-0.4, -0.2) is 42.8 Å². The Kier molecular flexibility index (Phi) is 7.12. The molecule has 1 atom stereocenters. The van der Waals surface area contributed by atoms with Crippen molar-refractivity contribution in [2.24, 2.45) is 16.2 Å². The van der Waals surface area contributed by atoms with Gasteiger partial charge in [0.25, 0.3) is 0 Å². The van der Waals surface area contributed by atoms with E-state index in [0.717, 1.165) is 5.56 Å². The molecular weight excluding hydrogens is 446 g/mol. The molecule has 0 unspecified atom stereocenters. The number of phenols is 1. The van der Waals surface area contributed by atoms with E-state index in [4.69, 9.17) is 14.2 Å². The zero-order valence-electron chi connectivity index (χ0n) is 21.2. The van der Waals surface area contributed by atoms with Gasteiger partial charge >= 0.3 is 0 Å². The molecule has 7 nitrogen and oxygen atoms in total. The number of Topliss-reactive ketones (excluding diaryl/α,β-unsaturated/α-hetero) is 1. The van der Waals surface area contributed by atoms with Crippen molar-refractivity contribution in [3.8, 4) is 17.6 Å². The van der Waals surface area contributed by atoms with Crippen LogP contribution < -0.4 is 4.74 Å². The summed E-state index contributed by atoms with van der Waals surface area (Å²) >= 11 is 0. The Labute approximate surface area is 206 Å². The number of carbonyl (C=O) groups excluding carboxylic acids is 2. The fraction of sp³-hybridized carbons (Fsp3) is 0.464. The molecule has 2 aliphatic rings. The van der Waals surface area contributed by atoms with E-state index in [1.807, 2.05) is 26.8 Å². The van der Waals surface area contributed by atoms with Gasteiger partial charge < -0.3 is 19.3 Å². The molecule has 1 aromatic carbocycles. The molecule has 0 aromatic heterocycles. The van der Waals surface area contributed by atoms with Crippen LogP contribution in [-0.2, 0) is 19.1 Å². The summed E-state index contributed by atoms with van der Waals surface area (Å²) in [5.74, 6) is -1.33. The SMILES string of the molecule is COc1cc(/C=C/C2(C(C)(C)C(=O)/C=C/[C@]3(C)C=C(C#N)C(=O)C(C)(C)C3)OCCO2)ccc1O. The number of ketones is 2. The maximum atomic E-state index is 13.5. The maximum absolute atomic E-state index is 13.5. The minimum atomic E-state index is -1.30. The van der Waals surface area contributed by atoms with Gasteiger partial charge in [-0.25, -0.2) is 0 Å². The molecular formula is C28H33NO6. The van der Waals surface area contributed by atoms with Crippen molar-refractivity contribution in [1.82, 2.24) is 0 Å². The number of nitriles is 1. The van der Waals surface area contributed by atoms with Crippen LogP contribution in [0.5, 0.6) is 11.5 Å². The number of methoxy groups -OCH3 is 1. The molecule has 3 rings (SSSR count). The topological polar surface area (TPSA) is 106 Å². The molecule has 1 saturated heterocycles. The van der Waals surface area contributed by atoms with Gasteiger partial charge in [0.2, 0.25) is 5.79 Å². The molecule has 7 heteroatoms. The van der Waals surface area contributed by atoms with Crippen LogP contribution in [0.15, 0.2) is 48.1 Å². The molecule has 1 aliphatic heterocycles. The fourth-order valence-electron chi connectivity index (χ4n) is 4.78. The van der Waals surface area contributed by atoms with Crippen molar-refractivity contribution < 1.29 is 28.9 Å². The van der Waals surface area contributed by atoms with Crippen LogP contribution in [0.1, 0.15) is 46.6 Å². The Balaban J connectivity index is 1.90. The van der Waals surface area contributed by atoms with E-state index in [1.165, 1.54) is 19.3 Å². The minimum Gasteiger partial charge on any atom is -0.504 e. The lowest BCUT2D eigenvalue weighted by molar-refractivity contribution is -0.191. The van der Waals surface area contributed by atoms with Gasteiger partial charge in [0.1, 0.15) is 6.07 Å². The molecule has 1 N–H and O–H groups in total. The lowest BCUT2D eigenvalue weighted by Crippen LogP contribution is -2.48. The molecule has 0 radical (unpaired) electrons. The Hall–Kier alpha value is -3.21. The zero-order valence-corrected chi connectivity index (χ0v) is 21.2. The predicted molar refractivity (Wildman–Crippen MR) is 131 cm³/mol. The number of phenolic OH excluding ortho intramolecular Hbond substituents is 1. The first-order valence-corrected chi connectivity index (χ1v) is 11.5. The van der Waals surface area contributed by atoms with E-state index in [9.17, 15) is 20.0 Å². The number of benzene rings is 1. The first-order chi connectivity index (χ1) is 16.3. The van der Waals surface area contributed by atoms with Gasteiger partial charge in [0.05, 0.1) is 31.3 Å². The Morgan fingerprint density at radius 2 is 1.86 bits per heavy atom.